The van der Waals surface area contributed by atoms with Crippen LogP contribution in [-0.4, -0.2) is 16.3 Å². The molecule has 0 spiro atoms. The van der Waals surface area contributed by atoms with Gasteiger partial charge in [0.05, 0.1) is 5.69 Å². The molecule has 2 N–H and O–H groups in total. The lowest BCUT2D eigenvalue weighted by Gasteiger charge is -2.12. The van der Waals surface area contributed by atoms with Crippen molar-refractivity contribution in [2.45, 2.75) is 13.0 Å². The van der Waals surface area contributed by atoms with Crippen LogP contribution in [0.4, 0.5) is 0 Å². The number of aromatic amines is 1. The molecule has 0 radical (unpaired) electrons. The van der Waals surface area contributed by atoms with Crippen molar-refractivity contribution in [1.29, 1.82) is 0 Å². The molecule has 4 nitrogen and oxygen atoms in total. The summed E-state index contributed by atoms with van der Waals surface area (Å²) in [7, 11) is 1.87. The third-order valence-corrected chi connectivity index (χ3v) is 2.14. The van der Waals surface area contributed by atoms with Gasteiger partial charge in [0, 0.05) is 19.2 Å². The zero-order chi connectivity index (χ0) is 7.84. The van der Waals surface area contributed by atoms with E-state index in [2.05, 4.69) is 10.4 Å². The van der Waals surface area contributed by atoms with Gasteiger partial charge < -0.3 is 5.32 Å². The maximum atomic E-state index is 11.2. The van der Waals surface area contributed by atoms with Gasteiger partial charge in [0.25, 0.3) is 5.56 Å². The Morgan fingerprint density at radius 1 is 1.55 bits per heavy atom. The van der Waals surface area contributed by atoms with E-state index in [1.165, 1.54) is 0 Å². The first kappa shape index (κ1) is 6.67. The van der Waals surface area contributed by atoms with Crippen LogP contribution in [0.2, 0.25) is 0 Å². The Balaban J connectivity index is 2.61. The van der Waals surface area contributed by atoms with Gasteiger partial charge in [0.2, 0.25) is 0 Å². The van der Waals surface area contributed by atoms with Crippen molar-refractivity contribution in [2.24, 2.45) is 7.05 Å². The summed E-state index contributed by atoms with van der Waals surface area (Å²) >= 11 is 0. The van der Waals surface area contributed by atoms with Gasteiger partial charge in [-0.2, -0.15) is 0 Å². The van der Waals surface area contributed by atoms with Crippen molar-refractivity contribution in [3.8, 4) is 0 Å². The van der Waals surface area contributed by atoms with Gasteiger partial charge in [-0.15, -0.1) is 0 Å². The lowest BCUT2D eigenvalue weighted by molar-refractivity contribution is 0.593. The van der Waals surface area contributed by atoms with Crippen LogP contribution in [-0.2, 0) is 20.0 Å². The third-order valence-electron chi connectivity index (χ3n) is 2.14. The lowest BCUT2D eigenvalue weighted by Crippen LogP contribution is -2.26. The zero-order valence-corrected chi connectivity index (χ0v) is 6.48. The second-order valence-electron chi connectivity index (χ2n) is 2.85. The predicted octanol–water partition coefficient (Wildman–Crippen LogP) is -0.641. The fourth-order valence-corrected chi connectivity index (χ4v) is 1.52. The number of hydrogen-bond acceptors (Lipinski definition) is 2. The number of H-pyrrole nitrogens is 1. The molecular weight excluding hydrogens is 142 g/mol. The maximum Gasteiger partial charge on any atom is 0.267 e. The molecule has 0 aromatic carbocycles. The van der Waals surface area contributed by atoms with Crippen LogP contribution in [0.5, 0.6) is 0 Å². The fraction of sp³-hybridized carbons (Fsp3) is 0.571. The molecule has 0 atom stereocenters. The van der Waals surface area contributed by atoms with Crippen LogP contribution in [0.1, 0.15) is 11.3 Å². The van der Waals surface area contributed by atoms with E-state index in [4.69, 9.17) is 0 Å². The summed E-state index contributed by atoms with van der Waals surface area (Å²) in [6, 6.07) is 0. The molecule has 0 amide bonds. The summed E-state index contributed by atoms with van der Waals surface area (Å²) in [5.41, 5.74) is 2.12. The van der Waals surface area contributed by atoms with E-state index in [0.29, 0.717) is 0 Å². The molecule has 2 rings (SSSR count). The highest BCUT2D eigenvalue weighted by molar-refractivity contribution is 5.20. The minimum absolute atomic E-state index is 0.0731. The first-order valence-corrected chi connectivity index (χ1v) is 3.76. The molecular formula is C7H11N3O. The van der Waals surface area contributed by atoms with Crippen LogP contribution in [0.3, 0.4) is 0 Å². The Labute approximate surface area is 64.2 Å². The Morgan fingerprint density at radius 3 is 3.09 bits per heavy atom. The molecule has 0 aliphatic carbocycles. The van der Waals surface area contributed by atoms with Crippen LogP contribution in [0.25, 0.3) is 0 Å². The quantitative estimate of drug-likeness (QED) is 0.521. The molecule has 1 aliphatic rings. The largest absolute Gasteiger partial charge is 0.311 e. The summed E-state index contributed by atoms with van der Waals surface area (Å²) in [5.74, 6) is 0. The van der Waals surface area contributed by atoms with E-state index < -0.39 is 0 Å². The highest BCUT2D eigenvalue weighted by Gasteiger charge is 2.15. The van der Waals surface area contributed by atoms with Crippen molar-refractivity contribution in [3.63, 3.8) is 0 Å². The van der Waals surface area contributed by atoms with Gasteiger partial charge in [0.1, 0.15) is 0 Å². The monoisotopic (exact) mass is 153 g/mol. The predicted molar refractivity (Wildman–Crippen MR) is 41.4 cm³/mol. The van der Waals surface area contributed by atoms with Crippen molar-refractivity contribution < 1.29 is 0 Å². The maximum absolute atomic E-state index is 11.2. The minimum Gasteiger partial charge on any atom is -0.311 e. The van der Waals surface area contributed by atoms with Crippen molar-refractivity contribution in [3.05, 3.63) is 21.6 Å². The van der Waals surface area contributed by atoms with Gasteiger partial charge in [-0.3, -0.25) is 14.6 Å². The number of hydrogen-bond donors (Lipinski definition) is 2. The van der Waals surface area contributed by atoms with Crippen molar-refractivity contribution in [1.82, 2.24) is 15.1 Å². The van der Waals surface area contributed by atoms with E-state index >= 15 is 0 Å². The van der Waals surface area contributed by atoms with E-state index in [-0.39, 0.29) is 5.56 Å². The Kier molecular flexibility index (Phi) is 1.35. The molecule has 1 aromatic rings. The first-order valence-electron chi connectivity index (χ1n) is 3.76. The van der Waals surface area contributed by atoms with Gasteiger partial charge in [-0.25, -0.2) is 0 Å². The molecule has 11 heavy (non-hydrogen) atoms. The SMILES string of the molecule is Cn1[nH]c(=O)c2c1CNCC2. The number of nitrogens with zero attached hydrogens (tertiary/aromatic N) is 1. The van der Waals surface area contributed by atoms with E-state index in [0.717, 1.165) is 30.8 Å². The van der Waals surface area contributed by atoms with Crippen LogP contribution in [0, 0.1) is 0 Å². The summed E-state index contributed by atoms with van der Waals surface area (Å²) in [6.07, 6.45) is 0.853. The summed E-state index contributed by atoms with van der Waals surface area (Å²) in [5, 5.41) is 5.95. The third kappa shape index (κ3) is 0.903. The average Bonchev–Trinajstić information content (AvgIpc) is 2.30. The molecule has 2 heterocycles. The summed E-state index contributed by atoms with van der Waals surface area (Å²) in [4.78, 5) is 11.2. The number of fused-ring (bicyclic) bond motifs is 1. The van der Waals surface area contributed by atoms with Crippen LogP contribution in [0.15, 0.2) is 4.79 Å². The first-order chi connectivity index (χ1) is 5.29. The Hall–Kier alpha value is -1.03. The Bertz CT molecular complexity index is 323. The molecule has 0 bridgehead atoms. The molecule has 60 valence electrons. The molecule has 0 fully saturated rings. The summed E-state index contributed by atoms with van der Waals surface area (Å²) in [6.45, 7) is 1.73. The van der Waals surface area contributed by atoms with Crippen molar-refractivity contribution in [2.75, 3.05) is 6.54 Å². The topological polar surface area (TPSA) is 49.8 Å². The fourth-order valence-electron chi connectivity index (χ4n) is 1.52. The van der Waals surface area contributed by atoms with Gasteiger partial charge >= 0.3 is 0 Å². The van der Waals surface area contributed by atoms with Crippen LogP contribution >= 0.6 is 0 Å². The second-order valence-corrected chi connectivity index (χ2v) is 2.85. The zero-order valence-electron chi connectivity index (χ0n) is 6.48. The molecule has 0 saturated heterocycles. The average molecular weight is 153 g/mol. The molecule has 0 unspecified atom stereocenters. The van der Waals surface area contributed by atoms with E-state index in [1.54, 1.807) is 4.68 Å². The number of aromatic nitrogens is 2. The van der Waals surface area contributed by atoms with Crippen LogP contribution < -0.4 is 10.9 Å². The molecule has 1 aliphatic heterocycles. The number of aryl methyl sites for hydroxylation is 1. The number of rotatable bonds is 0. The standard InChI is InChI=1S/C7H11N3O/c1-10-6-4-8-3-2-5(6)7(11)9-10/h8H,2-4H2,1H3,(H,9,11). The second kappa shape index (κ2) is 2.23. The van der Waals surface area contributed by atoms with Gasteiger partial charge in [-0.1, -0.05) is 0 Å². The molecule has 0 saturated carbocycles. The molecule has 4 heteroatoms. The highest BCUT2D eigenvalue weighted by atomic mass is 16.1. The van der Waals surface area contributed by atoms with Crippen molar-refractivity contribution >= 4 is 0 Å². The summed E-state index contributed by atoms with van der Waals surface area (Å²) < 4.78 is 1.80. The highest BCUT2D eigenvalue weighted by Crippen LogP contribution is 2.06. The minimum atomic E-state index is 0.0731. The lowest BCUT2D eigenvalue weighted by atomic mass is 10.1. The smallest absolute Gasteiger partial charge is 0.267 e. The Morgan fingerprint density at radius 2 is 2.36 bits per heavy atom. The van der Waals surface area contributed by atoms with E-state index in [9.17, 15) is 4.79 Å². The normalized spacial score (nSPS) is 16.5. The van der Waals surface area contributed by atoms with E-state index in [1.807, 2.05) is 7.05 Å². The number of nitrogens with one attached hydrogen (secondary N) is 2. The van der Waals surface area contributed by atoms with Gasteiger partial charge in [0.15, 0.2) is 0 Å². The van der Waals surface area contributed by atoms with Gasteiger partial charge in [-0.05, 0) is 13.0 Å². The molecule has 1 aromatic heterocycles.